The zero-order valence-corrected chi connectivity index (χ0v) is 48.9. The summed E-state index contributed by atoms with van der Waals surface area (Å²) < 4.78 is 35.9. The highest BCUT2D eigenvalue weighted by Crippen LogP contribution is 2.38. The Bertz CT molecular complexity index is 2570. The molecular formula is C64H90N2O14. The van der Waals surface area contributed by atoms with Crippen molar-refractivity contribution in [3.63, 3.8) is 0 Å². The lowest BCUT2D eigenvalue weighted by Gasteiger charge is -2.42. The van der Waals surface area contributed by atoms with Crippen LogP contribution < -0.4 is 5.32 Å². The Morgan fingerprint density at radius 2 is 1.59 bits per heavy atom. The number of carbonyl (C=O) groups is 6. The summed E-state index contributed by atoms with van der Waals surface area (Å²) in [6.45, 7) is 13.1. The van der Waals surface area contributed by atoms with Crippen LogP contribution in [0.3, 0.4) is 0 Å². The van der Waals surface area contributed by atoms with Crippen LogP contribution >= 0.6 is 0 Å². The molecule has 3 fully saturated rings. The molecule has 2 aromatic rings. The van der Waals surface area contributed by atoms with Gasteiger partial charge in [0.15, 0.2) is 5.78 Å². The molecule has 2 bridgehead atoms. The van der Waals surface area contributed by atoms with Gasteiger partial charge in [-0.3, -0.25) is 19.2 Å². The molecule has 3 N–H and O–H groups in total. The number of esters is 1. The fraction of sp³-hybridized carbons (Fsp3) is 0.625. The summed E-state index contributed by atoms with van der Waals surface area (Å²) in [6, 6.07) is 13.2. The lowest BCUT2D eigenvalue weighted by molar-refractivity contribution is -0.265. The van der Waals surface area contributed by atoms with E-state index in [1.54, 1.807) is 41.1 Å². The van der Waals surface area contributed by atoms with Gasteiger partial charge in [-0.15, -0.1) is 0 Å². The number of cyclic esters (lactones) is 1. The van der Waals surface area contributed by atoms with Crippen LogP contribution in [0, 0.1) is 35.5 Å². The van der Waals surface area contributed by atoms with Crippen molar-refractivity contribution in [2.45, 2.75) is 186 Å². The van der Waals surface area contributed by atoms with E-state index in [-0.39, 0.29) is 42.8 Å². The third-order valence-electron chi connectivity index (χ3n) is 17.2. The first-order valence-electron chi connectivity index (χ1n) is 29.1. The Morgan fingerprint density at radius 3 is 2.31 bits per heavy atom. The van der Waals surface area contributed by atoms with Crippen LogP contribution in [0.2, 0.25) is 0 Å². The SMILES string of the molecule is COC1CC2CC[C@@H](C)[C@@](O)(O2)C(=O)C(=O)N2CCCC[C@H]2C(=O)OC(C(C)CC2CC[C@@H](OC(=O)NCCc3ccc4ccccc4c3)C(OC)C2)CC(=O)C(C)/C=C(\C)[C@@H](O)C(OC)C(=O)[C@H](C)CC(C)/C=C/C=C/C=C/1C. The van der Waals surface area contributed by atoms with Gasteiger partial charge in [-0.2, -0.15) is 0 Å². The van der Waals surface area contributed by atoms with E-state index >= 15 is 0 Å². The van der Waals surface area contributed by atoms with E-state index in [4.69, 9.17) is 28.4 Å². The molecule has 2 amide bonds. The molecule has 16 heteroatoms. The number of Topliss-reactive ketones (excluding diaryl/α,β-unsaturated/α-hetero) is 3. The number of nitrogens with one attached hydrogen (secondary N) is 1. The van der Waals surface area contributed by atoms with Crippen LogP contribution in [0.4, 0.5) is 4.79 Å². The molecular weight excluding hydrogens is 1020 g/mol. The number of ether oxygens (including phenoxy) is 6. The molecule has 0 spiro atoms. The quantitative estimate of drug-likeness (QED) is 0.115. The van der Waals surface area contributed by atoms with E-state index in [0.717, 1.165) is 21.9 Å². The summed E-state index contributed by atoms with van der Waals surface area (Å²) >= 11 is 0. The van der Waals surface area contributed by atoms with Crippen molar-refractivity contribution in [1.29, 1.82) is 0 Å². The molecule has 1 saturated carbocycles. The number of benzene rings is 2. The van der Waals surface area contributed by atoms with Crippen molar-refractivity contribution in [2.24, 2.45) is 35.5 Å². The van der Waals surface area contributed by atoms with Gasteiger partial charge >= 0.3 is 12.1 Å². The largest absolute Gasteiger partial charge is 0.460 e. The number of amides is 2. The molecule has 0 radical (unpaired) electrons. The monoisotopic (exact) mass is 1110 g/mol. The Morgan fingerprint density at radius 1 is 0.838 bits per heavy atom. The first-order chi connectivity index (χ1) is 38.2. The molecule has 2 aromatic carbocycles. The van der Waals surface area contributed by atoms with Crippen molar-refractivity contribution in [2.75, 3.05) is 34.4 Å². The number of hydrogen-bond donors (Lipinski definition) is 3. The van der Waals surface area contributed by atoms with Crippen LogP contribution in [-0.4, -0.2) is 139 Å². The standard InChI is InChI=1S/C64H90N2O14/c1-39-18-12-11-13-19-40(2)54(75-8)37-50-27-23-45(7)64(74,80-50)60(70)61(71)66-31-17-16-22-51(66)62(72)78-55(38-52(67)41(3)33-44(6)58(69)59(77-10)57(68)43(5)32-39)42(4)34-47-25-28-53(56(36-47)76-9)79-63(73)65-30-29-46-24-26-48-20-14-15-21-49(48)35-46/h11-15,18-21,24,26,33,35,39,41-43,45,47,50-51,53-56,58-59,69,74H,16-17,22-23,25,27-32,34,36-38H2,1-10H3,(H,65,73)/b13-11+,18-12+,40-19+,44-33+/t39?,41?,42?,43-,45-,47?,50?,51+,53-,54?,55?,56?,58-,59?,64-/m1/s1. The molecule has 0 aromatic heterocycles. The minimum Gasteiger partial charge on any atom is -0.460 e. The van der Waals surface area contributed by atoms with Gasteiger partial charge in [0.2, 0.25) is 5.79 Å². The summed E-state index contributed by atoms with van der Waals surface area (Å²) in [5, 5.41) is 28.8. The number of allylic oxidation sites excluding steroid dienone is 6. The Hall–Kier alpha value is -5.36. The first kappa shape index (κ1) is 63.8. The van der Waals surface area contributed by atoms with Crippen LogP contribution in [0.5, 0.6) is 0 Å². The van der Waals surface area contributed by atoms with Crippen molar-refractivity contribution in [3.05, 3.63) is 95.6 Å². The highest BCUT2D eigenvalue weighted by Gasteiger charge is 2.53. The van der Waals surface area contributed by atoms with Crippen molar-refractivity contribution in [3.8, 4) is 0 Å². The zero-order chi connectivity index (χ0) is 58.3. The van der Waals surface area contributed by atoms with Gasteiger partial charge in [-0.25, -0.2) is 9.59 Å². The summed E-state index contributed by atoms with van der Waals surface area (Å²) in [4.78, 5) is 86.0. The average Bonchev–Trinajstić information content (AvgIpc) is 3.56. The number of carbonyl (C=O) groups excluding carboxylic acids is 6. The first-order valence-corrected chi connectivity index (χ1v) is 29.1. The van der Waals surface area contributed by atoms with Gasteiger partial charge in [0.05, 0.1) is 18.3 Å². The minimum absolute atomic E-state index is 0.00119. The number of piperidine rings is 1. The van der Waals surface area contributed by atoms with E-state index in [9.17, 15) is 39.0 Å². The predicted molar refractivity (Wildman–Crippen MR) is 305 cm³/mol. The van der Waals surface area contributed by atoms with E-state index < -0.39 is 102 Å². The van der Waals surface area contributed by atoms with Crippen molar-refractivity contribution in [1.82, 2.24) is 10.2 Å². The van der Waals surface area contributed by atoms with Gasteiger partial charge in [0.1, 0.15) is 36.2 Å². The molecule has 2 saturated heterocycles. The Kier molecular flexibility index (Phi) is 24.0. The van der Waals surface area contributed by atoms with E-state index in [1.165, 1.54) is 12.0 Å². The van der Waals surface area contributed by atoms with Gasteiger partial charge in [-0.1, -0.05) is 114 Å². The van der Waals surface area contributed by atoms with E-state index in [1.807, 2.05) is 70.2 Å². The molecule has 4 aliphatic rings. The van der Waals surface area contributed by atoms with Crippen molar-refractivity contribution < 1.29 is 67.4 Å². The third-order valence-corrected chi connectivity index (χ3v) is 17.2. The van der Waals surface area contributed by atoms with Crippen LogP contribution in [-0.2, 0) is 58.8 Å². The normalized spacial score (nSPS) is 34.9. The van der Waals surface area contributed by atoms with Crippen LogP contribution in [0.15, 0.2) is 90.1 Å². The summed E-state index contributed by atoms with van der Waals surface area (Å²) in [7, 11) is 4.54. The maximum atomic E-state index is 14.7. The van der Waals surface area contributed by atoms with Gasteiger partial charge < -0.3 is 48.9 Å². The molecule has 9 unspecified atom stereocenters. The number of alkyl carbamates (subject to hydrolysis) is 1. The zero-order valence-electron chi connectivity index (χ0n) is 48.9. The highest BCUT2D eigenvalue weighted by atomic mass is 16.6. The molecule has 15 atom stereocenters. The van der Waals surface area contributed by atoms with E-state index in [0.29, 0.717) is 82.7 Å². The van der Waals surface area contributed by atoms with Crippen molar-refractivity contribution >= 4 is 46.1 Å². The Labute approximate surface area is 474 Å². The number of ketones is 3. The fourth-order valence-electron chi connectivity index (χ4n) is 12.1. The number of fused-ring (bicyclic) bond motifs is 4. The Balaban J connectivity index is 1.21. The van der Waals surface area contributed by atoms with Crippen LogP contribution in [0.1, 0.15) is 131 Å². The van der Waals surface area contributed by atoms with Gasteiger partial charge in [0, 0.05) is 65.0 Å². The van der Waals surface area contributed by atoms with Crippen LogP contribution in [0.25, 0.3) is 10.8 Å². The second-order valence-electron chi connectivity index (χ2n) is 23.3. The number of methoxy groups -OCH3 is 3. The maximum absolute atomic E-state index is 14.7. The second kappa shape index (κ2) is 30.1. The predicted octanol–water partition coefficient (Wildman–Crippen LogP) is 9.31. The topological polar surface area (TPSA) is 214 Å². The fourth-order valence-corrected chi connectivity index (χ4v) is 12.1. The molecule has 80 heavy (non-hydrogen) atoms. The maximum Gasteiger partial charge on any atom is 0.407 e. The second-order valence-corrected chi connectivity index (χ2v) is 23.3. The smallest absolute Gasteiger partial charge is 0.407 e. The summed E-state index contributed by atoms with van der Waals surface area (Å²) in [6.07, 6.45) is 10.7. The highest BCUT2D eigenvalue weighted by molar-refractivity contribution is 6.39. The lowest BCUT2D eigenvalue weighted by Crippen LogP contribution is -2.61. The number of aliphatic hydroxyl groups excluding tert-OH is 1. The molecule has 3 aliphatic heterocycles. The minimum atomic E-state index is -2.46. The average molecular weight is 1110 g/mol. The number of rotatable bonds is 10. The molecule has 16 nitrogen and oxygen atoms in total. The third kappa shape index (κ3) is 16.9. The number of aliphatic hydroxyl groups is 2. The lowest BCUT2D eigenvalue weighted by atomic mass is 9.78. The van der Waals surface area contributed by atoms with E-state index in [2.05, 4.69) is 35.6 Å². The number of hydrogen-bond acceptors (Lipinski definition) is 14. The summed E-state index contributed by atoms with van der Waals surface area (Å²) in [5.74, 6) is -8.34. The molecule has 1 aliphatic carbocycles. The summed E-state index contributed by atoms with van der Waals surface area (Å²) in [5.41, 5.74) is 2.34. The molecule has 440 valence electrons. The van der Waals surface area contributed by atoms with Gasteiger partial charge in [0.25, 0.3) is 11.7 Å². The number of nitrogens with zero attached hydrogens (tertiary/aromatic N) is 1. The van der Waals surface area contributed by atoms with Gasteiger partial charge in [-0.05, 0) is 130 Å². The molecule has 3 heterocycles. The molecule has 6 rings (SSSR count).